The Morgan fingerprint density at radius 1 is 1.89 bits per heavy atom. The van der Waals surface area contributed by atoms with Crippen molar-refractivity contribution >= 4 is 5.90 Å². The van der Waals surface area contributed by atoms with Gasteiger partial charge >= 0.3 is 0 Å². The van der Waals surface area contributed by atoms with Crippen LogP contribution in [0.4, 0.5) is 0 Å². The van der Waals surface area contributed by atoms with Crippen molar-refractivity contribution in [3.8, 4) is 0 Å². The van der Waals surface area contributed by atoms with Crippen molar-refractivity contribution in [3.05, 3.63) is 18.2 Å². The Bertz CT molecular complexity index is 192. The van der Waals surface area contributed by atoms with Gasteiger partial charge in [0.2, 0.25) is 5.90 Å². The maximum atomic E-state index is 7.10. The number of aromatic nitrogens is 2. The first-order chi connectivity index (χ1) is 4.34. The van der Waals surface area contributed by atoms with E-state index in [0.29, 0.717) is 5.69 Å². The number of ether oxygens (including phenoxy) is 1. The number of methoxy groups -OCH3 is 1. The summed E-state index contributed by atoms with van der Waals surface area (Å²) in [5.41, 5.74) is 0.595. The number of nitrogens with zero attached hydrogens (tertiary/aromatic N) is 1. The van der Waals surface area contributed by atoms with Gasteiger partial charge in [-0.25, -0.2) is 4.98 Å². The summed E-state index contributed by atoms with van der Waals surface area (Å²) < 4.78 is 4.61. The Hall–Kier alpha value is -1.32. The van der Waals surface area contributed by atoms with Crippen LogP contribution >= 0.6 is 0 Å². The minimum atomic E-state index is 0.104. The summed E-state index contributed by atoms with van der Waals surface area (Å²) in [6, 6.07) is 0. The zero-order valence-electron chi connectivity index (χ0n) is 5.01. The SMILES string of the molecule is COC(=N)c1cnc[nH]1. The van der Waals surface area contributed by atoms with Crippen molar-refractivity contribution in [3.63, 3.8) is 0 Å². The summed E-state index contributed by atoms with van der Waals surface area (Å²) >= 11 is 0. The molecule has 4 nitrogen and oxygen atoms in total. The van der Waals surface area contributed by atoms with E-state index >= 15 is 0 Å². The number of imidazole rings is 1. The molecular weight excluding hydrogens is 118 g/mol. The Morgan fingerprint density at radius 3 is 3.11 bits per heavy atom. The highest BCUT2D eigenvalue weighted by Crippen LogP contribution is 1.91. The van der Waals surface area contributed by atoms with Crippen LogP contribution in [0.3, 0.4) is 0 Å². The van der Waals surface area contributed by atoms with E-state index in [1.807, 2.05) is 0 Å². The molecule has 0 aliphatic heterocycles. The van der Waals surface area contributed by atoms with Gasteiger partial charge in [-0.05, 0) is 0 Å². The number of rotatable bonds is 1. The van der Waals surface area contributed by atoms with Crippen LogP contribution in [0.1, 0.15) is 5.69 Å². The van der Waals surface area contributed by atoms with Crippen LogP contribution in [-0.2, 0) is 4.74 Å². The van der Waals surface area contributed by atoms with Gasteiger partial charge in [0.05, 0.1) is 19.6 Å². The molecule has 1 aromatic rings. The van der Waals surface area contributed by atoms with E-state index in [9.17, 15) is 0 Å². The fourth-order valence-electron chi connectivity index (χ4n) is 0.490. The van der Waals surface area contributed by atoms with Gasteiger partial charge in [-0.3, -0.25) is 5.41 Å². The van der Waals surface area contributed by atoms with E-state index < -0.39 is 0 Å². The molecule has 0 bridgehead atoms. The highest BCUT2D eigenvalue weighted by atomic mass is 16.5. The third-order valence-electron chi connectivity index (χ3n) is 0.947. The summed E-state index contributed by atoms with van der Waals surface area (Å²) in [5.74, 6) is 0.104. The molecule has 0 radical (unpaired) electrons. The van der Waals surface area contributed by atoms with E-state index in [2.05, 4.69) is 14.7 Å². The quantitative estimate of drug-likeness (QED) is 0.421. The largest absolute Gasteiger partial charge is 0.480 e. The Balaban J connectivity index is 2.77. The Kier molecular flexibility index (Phi) is 1.48. The highest BCUT2D eigenvalue weighted by Gasteiger charge is 1.98. The van der Waals surface area contributed by atoms with Crippen molar-refractivity contribution < 1.29 is 4.74 Å². The second-order valence-corrected chi connectivity index (χ2v) is 1.50. The van der Waals surface area contributed by atoms with Crippen LogP contribution in [0.5, 0.6) is 0 Å². The van der Waals surface area contributed by atoms with Crippen molar-refractivity contribution in [2.45, 2.75) is 0 Å². The molecule has 0 aliphatic rings. The fourth-order valence-corrected chi connectivity index (χ4v) is 0.490. The summed E-state index contributed by atoms with van der Waals surface area (Å²) in [7, 11) is 1.45. The molecule has 1 heterocycles. The first-order valence-electron chi connectivity index (χ1n) is 2.46. The molecule has 0 atom stereocenters. The van der Waals surface area contributed by atoms with Crippen LogP contribution in [0.15, 0.2) is 12.5 Å². The standard InChI is InChI=1S/C5H7N3O/c1-9-5(6)4-2-7-3-8-4/h2-3,6H,1H3,(H,7,8). The second-order valence-electron chi connectivity index (χ2n) is 1.50. The molecule has 1 rings (SSSR count). The predicted molar refractivity (Wildman–Crippen MR) is 32.4 cm³/mol. The molecular formula is C5H7N3O. The first-order valence-corrected chi connectivity index (χ1v) is 2.46. The molecule has 0 saturated heterocycles. The smallest absolute Gasteiger partial charge is 0.231 e. The summed E-state index contributed by atoms with van der Waals surface area (Å²) in [4.78, 5) is 6.44. The number of hydrogen-bond acceptors (Lipinski definition) is 3. The first kappa shape index (κ1) is 5.81. The van der Waals surface area contributed by atoms with Crippen molar-refractivity contribution in [2.75, 3.05) is 7.11 Å². The fraction of sp³-hybridized carbons (Fsp3) is 0.200. The number of nitrogens with one attached hydrogen (secondary N) is 2. The van der Waals surface area contributed by atoms with E-state index in [4.69, 9.17) is 5.41 Å². The van der Waals surface area contributed by atoms with E-state index in [0.717, 1.165) is 0 Å². The topological polar surface area (TPSA) is 61.8 Å². The van der Waals surface area contributed by atoms with E-state index in [1.165, 1.54) is 19.6 Å². The second kappa shape index (κ2) is 2.30. The lowest BCUT2D eigenvalue weighted by molar-refractivity contribution is 0.400. The van der Waals surface area contributed by atoms with Crippen LogP contribution in [-0.4, -0.2) is 23.0 Å². The summed E-state index contributed by atoms with van der Waals surface area (Å²) in [5, 5.41) is 7.10. The van der Waals surface area contributed by atoms with Crippen molar-refractivity contribution in [1.82, 2.24) is 9.97 Å². The number of H-pyrrole nitrogens is 1. The molecule has 0 amide bonds. The third-order valence-corrected chi connectivity index (χ3v) is 0.947. The molecule has 48 valence electrons. The Labute approximate surface area is 52.4 Å². The lowest BCUT2D eigenvalue weighted by atomic mass is 10.5. The lowest BCUT2D eigenvalue weighted by Crippen LogP contribution is -2.00. The zero-order chi connectivity index (χ0) is 6.69. The monoisotopic (exact) mass is 125 g/mol. The molecule has 4 heteroatoms. The number of hydrogen-bond donors (Lipinski definition) is 2. The van der Waals surface area contributed by atoms with Crippen LogP contribution in [0, 0.1) is 5.41 Å². The molecule has 0 fully saturated rings. The molecule has 0 aliphatic carbocycles. The lowest BCUT2D eigenvalue weighted by Gasteiger charge is -1.94. The highest BCUT2D eigenvalue weighted by molar-refractivity contribution is 5.88. The summed E-state index contributed by atoms with van der Waals surface area (Å²) in [6.45, 7) is 0. The molecule has 9 heavy (non-hydrogen) atoms. The molecule has 0 saturated carbocycles. The minimum Gasteiger partial charge on any atom is -0.480 e. The van der Waals surface area contributed by atoms with E-state index in [1.54, 1.807) is 0 Å². The molecule has 0 aromatic carbocycles. The van der Waals surface area contributed by atoms with Gasteiger partial charge in [-0.2, -0.15) is 0 Å². The molecule has 1 aromatic heterocycles. The molecule has 2 N–H and O–H groups in total. The van der Waals surface area contributed by atoms with Crippen LogP contribution in [0.25, 0.3) is 0 Å². The average Bonchev–Trinajstić information content (AvgIpc) is 2.37. The normalized spacial score (nSPS) is 9.00. The van der Waals surface area contributed by atoms with Gasteiger partial charge in [0.1, 0.15) is 5.69 Å². The van der Waals surface area contributed by atoms with Gasteiger partial charge in [-0.15, -0.1) is 0 Å². The van der Waals surface area contributed by atoms with E-state index in [-0.39, 0.29) is 5.90 Å². The molecule has 0 spiro atoms. The predicted octanol–water partition coefficient (Wildman–Crippen LogP) is 0.381. The van der Waals surface area contributed by atoms with Gasteiger partial charge in [0.15, 0.2) is 0 Å². The maximum Gasteiger partial charge on any atom is 0.231 e. The van der Waals surface area contributed by atoms with Crippen molar-refractivity contribution in [2.24, 2.45) is 0 Å². The number of aromatic amines is 1. The van der Waals surface area contributed by atoms with Gasteiger partial charge in [-0.1, -0.05) is 0 Å². The molecule has 0 unspecified atom stereocenters. The van der Waals surface area contributed by atoms with Gasteiger partial charge in [0.25, 0.3) is 0 Å². The minimum absolute atomic E-state index is 0.104. The van der Waals surface area contributed by atoms with Crippen molar-refractivity contribution in [1.29, 1.82) is 5.41 Å². The maximum absolute atomic E-state index is 7.10. The van der Waals surface area contributed by atoms with Gasteiger partial charge < -0.3 is 9.72 Å². The Morgan fingerprint density at radius 2 is 2.67 bits per heavy atom. The van der Waals surface area contributed by atoms with Crippen LogP contribution in [0.2, 0.25) is 0 Å². The third kappa shape index (κ3) is 1.07. The van der Waals surface area contributed by atoms with Gasteiger partial charge in [0, 0.05) is 0 Å². The van der Waals surface area contributed by atoms with Crippen LogP contribution < -0.4 is 0 Å². The summed E-state index contributed by atoms with van der Waals surface area (Å²) in [6.07, 6.45) is 3.04. The average molecular weight is 125 g/mol. The zero-order valence-corrected chi connectivity index (χ0v) is 5.01.